The van der Waals surface area contributed by atoms with Crippen LogP contribution in [0.2, 0.25) is 5.15 Å². The third kappa shape index (κ3) is 2.57. The van der Waals surface area contributed by atoms with Crippen molar-refractivity contribution in [1.29, 1.82) is 0 Å². The molecule has 2 N–H and O–H groups in total. The maximum Gasteiger partial charge on any atom is 0.407 e. The summed E-state index contributed by atoms with van der Waals surface area (Å²) in [6.45, 7) is 0. The Labute approximate surface area is 77.5 Å². The summed E-state index contributed by atoms with van der Waals surface area (Å²) in [5.74, 6) is 0. The second-order valence-electron chi connectivity index (χ2n) is 2.43. The van der Waals surface area contributed by atoms with E-state index in [1.165, 1.54) is 12.1 Å². The summed E-state index contributed by atoms with van der Waals surface area (Å²) in [7, 11) is 0. The van der Waals surface area contributed by atoms with Gasteiger partial charge in [0.05, 0.1) is 0 Å². The third-order valence-electron chi connectivity index (χ3n) is 1.46. The van der Waals surface area contributed by atoms with Crippen molar-refractivity contribution in [2.24, 2.45) is 5.73 Å². The second-order valence-corrected chi connectivity index (χ2v) is 2.82. The molecule has 0 saturated heterocycles. The van der Waals surface area contributed by atoms with E-state index in [2.05, 4.69) is 4.98 Å². The largest absolute Gasteiger partial charge is 0.407 e. The Morgan fingerprint density at radius 3 is 2.38 bits per heavy atom. The molecular formula is C7H6ClF3N2. The molecule has 0 bridgehead atoms. The monoisotopic (exact) mass is 210 g/mol. The number of hydrogen-bond acceptors (Lipinski definition) is 2. The van der Waals surface area contributed by atoms with Crippen molar-refractivity contribution >= 4 is 11.6 Å². The van der Waals surface area contributed by atoms with E-state index in [0.29, 0.717) is 0 Å². The number of nitrogens with zero attached hydrogens (tertiary/aromatic N) is 1. The summed E-state index contributed by atoms with van der Waals surface area (Å²) in [4.78, 5) is 3.50. The number of rotatable bonds is 1. The molecule has 0 saturated carbocycles. The minimum absolute atomic E-state index is 0.100. The molecule has 1 heterocycles. The van der Waals surface area contributed by atoms with Gasteiger partial charge in [-0.2, -0.15) is 13.2 Å². The van der Waals surface area contributed by atoms with Crippen LogP contribution < -0.4 is 5.73 Å². The Hall–Kier alpha value is -0.810. The van der Waals surface area contributed by atoms with Crippen LogP contribution in [0.15, 0.2) is 18.3 Å². The summed E-state index contributed by atoms with van der Waals surface area (Å²) in [5, 5.41) is 0.137. The van der Waals surface area contributed by atoms with Crippen molar-refractivity contribution in [3.05, 3.63) is 29.0 Å². The van der Waals surface area contributed by atoms with E-state index in [9.17, 15) is 13.2 Å². The van der Waals surface area contributed by atoms with Crippen LogP contribution in [0.3, 0.4) is 0 Å². The summed E-state index contributed by atoms with van der Waals surface area (Å²) in [6, 6.07) is 0.466. The molecule has 0 fully saturated rings. The first-order valence-electron chi connectivity index (χ1n) is 3.35. The maximum atomic E-state index is 12.0. The van der Waals surface area contributed by atoms with Gasteiger partial charge >= 0.3 is 6.18 Å². The molecule has 1 aromatic heterocycles. The van der Waals surface area contributed by atoms with Crippen molar-refractivity contribution in [2.45, 2.75) is 12.2 Å². The summed E-state index contributed by atoms with van der Waals surface area (Å²) < 4.78 is 36.1. The molecule has 0 radical (unpaired) electrons. The number of alkyl halides is 3. The lowest BCUT2D eigenvalue weighted by Gasteiger charge is -2.14. The van der Waals surface area contributed by atoms with Crippen molar-refractivity contribution in [3.63, 3.8) is 0 Å². The molecule has 1 atom stereocenters. The summed E-state index contributed by atoms with van der Waals surface area (Å²) in [5.41, 5.74) is 4.81. The van der Waals surface area contributed by atoms with E-state index in [-0.39, 0.29) is 10.7 Å². The SMILES string of the molecule is NC(c1ccc(Cl)nc1)C(F)(F)F. The van der Waals surface area contributed by atoms with Gasteiger partial charge in [0.25, 0.3) is 0 Å². The predicted octanol–water partition coefficient (Wildman–Crippen LogP) is 2.30. The van der Waals surface area contributed by atoms with Gasteiger partial charge in [0.2, 0.25) is 0 Å². The molecule has 0 aromatic carbocycles. The Morgan fingerprint density at radius 2 is 2.00 bits per heavy atom. The van der Waals surface area contributed by atoms with Crippen LogP contribution in [0, 0.1) is 0 Å². The zero-order valence-corrected chi connectivity index (χ0v) is 7.10. The average molecular weight is 211 g/mol. The summed E-state index contributed by atoms with van der Waals surface area (Å²) in [6.07, 6.45) is -3.43. The number of halogens is 4. The molecule has 0 aliphatic rings. The lowest BCUT2D eigenvalue weighted by atomic mass is 10.1. The number of hydrogen-bond donors (Lipinski definition) is 1. The van der Waals surface area contributed by atoms with Gasteiger partial charge in [0, 0.05) is 6.20 Å². The lowest BCUT2D eigenvalue weighted by molar-refractivity contribution is -0.149. The van der Waals surface area contributed by atoms with Gasteiger partial charge in [0.1, 0.15) is 11.2 Å². The number of aromatic nitrogens is 1. The van der Waals surface area contributed by atoms with Crippen molar-refractivity contribution in [3.8, 4) is 0 Å². The highest BCUT2D eigenvalue weighted by Gasteiger charge is 2.37. The quantitative estimate of drug-likeness (QED) is 0.723. The lowest BCUT2D eigenvalue weighted by Crippen LogP contribution is -2.28. The van der Waals surface area contributed by atoms with Gasteiger partial charge in [0.15, 0.2) is 0 Å². The molecule has 13 heavy (non-hydrogen) atoms. The molecule has 1 unspecified atom stereocenters. The molecule has 72 valence electrons. The highest BCUT2D eigenvalue weighted by Crippen LogP contribution is 2.30. The van der Waals surface area contributed by atoms with Gasteiger partial charge in [-0.25, -0.2) is 4.98 Å². The van der Waals surface area contributed by atoms with Crippen LogP contribution in [0.4, 0.5) is 13.2 Å². The highest BCUT2D eigenvalue weighted by atomic mass is 35.5. The Kier molecular flexibility index (Phi) is 2.77. The van der Waals surface area contributed by atoms with Crippen molar-refractivity contribution in [1.82, 2.24) is 4.98 Å². The van der Waals surface area contributed by atoms with Gasteiger partial charge in [-0.1, -0.05) is 17.7 Å². The maximum absolute atomic E-state index is 12.0. The molecule has 0 aliphatic heterocycles. The standard InChI is InChI=1S/C7H6ClF3N2/c8-5-2-1-4(3-13-5)6(12)7(9,10)11/h1-3,6H,12H2. The van der Waals surface area contributed by atoms with Crippen LogP contribution >= 0.6 is 11.6 Å². The van der Waals surface area contributed by atoms with Gasteiger partial charge in [-0.15, -0.1) is 0 Å². The zero-order chi connectivity index (χ0) is 10.1. The van der Waals surface area contributed by atoms with Crippen LogP contribution in [0.25, 0.3) is 0 Å². The molecular weight excluding hydrogens is 205 g/mol. The molecule has 2 nitrogen and oxygen atoms in total. The summed E-state index contributed by atoms with van der Waals surface area (Å²) >= 11 is 5.40. The topological polar surface area (TPSA) is 38.9 Å². The van der Waals surface area contributed by atoms with Gasteiger partial charge in [-0.3, -0.25) is 0 Å². The Bertz CT molecular complexity index is 283. The zero-order valence-electron chi connectivity index (χ0n) is 6.35. The molecule has 0 amide bonds. The van der Waals surface area contributed by atoms with Crippen LogP contribution in [0.1, 0.15) is 11.6 Å². The van der Waals surface area contributed by atoms with E-state index in [4.69, 9.17) is 17.3 Å². The van der Waals surface area contributed by atoms with E-state index in [1.807, 2.05) is 0 Å². The van der Waals surface area contributed by atoms with E-state index >= 15 is 0 Å². The normalized spacial score (nSPS) is 14.2. The van der Waals surface area contributed by atoms with E-state index in [1.54, 1.807) is 0 Å². The van der Waals surface area contributed by atoms with Crippen molar-refractivity contribution in [2.75, 3.05) is 0 Å². The molecule has 0 aliphatic carbocycles. The molecule has 0 spiro atoms. The number of pyridine rings is 1. The minimum atomic E-state index is -4.45. The first-order chi connectivity index (χ1) is 5.91. The smallest absolute Gasteiger partial charge is 0.316 e. The predicted molar refractivity (Wildman–Crippen MR) is 42.2 cm³/mol. The van der Waals surface area contributed by atoms with Crippen molar-refractivity contribution < 1.29 is 13.2 Å². The minimum Gasteiger partial charge on any atom is -0.316 e. The van der Waals surface area contributed by atoms with E-state index < -0.39 is 12.2 Å². The first-order valence-corrected chi connectivity index (χ1v) is 3.73. The van der Waals surface area contributed by atoms with E-state index in [0.717, 1.165) is 6.20 Å². The first kappa shape index (κ1) is 10.3. The number of nitrogens with two attached hydrogens (primary N) is 1. The second kappa shape index (κ2) is 3.51. The van der Waals surface area contributed by atoms with Crippen LogP contribution in [-0.4, -0.2) is 11.2 Å². The van der Waals surface area contributed by atoms with Crippen LogP contribution in [0.5, 0.6) is 0 Å². The molecule has 1 rings (SSSR count). The van der Waals surface area contributed by atoms with Gasteiger partial charge < -0.3 is 5.73 Å². The average Bonchev–Trinajstić information content (AvgIpc) is 2.03. The Balaban J connectivity index is 2.90. The molecule has 6 heteroatoms. The van der Waals surface area contributed by atoms with Gasteiger partial charge in [-0.05, 0) is 11.6 Å². The fourth-order valence-corrected chi connectivity index (χ4v) is 0.872. The Morgan fingerprint density at radius 1 is 1.38 bits per heavy atom. The third-order valence-corrected chi connectivity index (χ3v) is 1.69. The fraction of sp³-hybridized carbons (Fsp3) is 0.286. The van der Waals surface area contributed by atoms with Crippen LogP contribution in [-0.2, 0) is 0 Å². The highest BCUT2D eigenvalue weighted by molar-refractivity contribution is 6.29. The fourth-order valence-electron chi connectivity index (χ4n) is 0.760. The molecule has 1 aromatic rings.